The monoisotopic (exact) mass is 347 g/mol. The molecule has 1 aromatic rings. The molecule has 24 heavy (non-hydrogen) atoms. The maximum absolute atomic E-state index is 13.1. The average Bonchev–Trinajstić information content (AvgIpc) is 3.16. The number of benzene rings is 1. The van der Waals surface area contributed by atoms with Crippen LogP contribution < -0.4 is 0 Å². The molecule has 0 spiro atoms. The maximum atomic E-state index is 13.1. The molecule has 1 amide bonds. The lowest BCUT2D eigenvalue weighted by atomic mass is 10.2. The van der Waals surface area contributed by atoms with E-state index in [1.54, 1.807) is 6.08 Å². The summed E-state index contributed by atoms with van der Waals surface area (Å²) in [4.78, 5) is 21.5. The summed E-state index contributed by atoms with van der Waals surface area (Å²) in [5.41, 5.74) is 0.421. The van der Waals surface area contributed by atoms with Crippen LogP contribution in [0.3, 0.4) is 0 Å². The van der Waals surface area contributed by atoms with Crippen LogP contribution in [-0.2, 0) is 4.79 Å². The zero-order valence-corrected chi connectivity index (χ0v) is 13.9. The van der Waals surface area contributed by atoms with Crippen LogP contribution in [0.15, 0.2) is 28.1 Å². The number of phenols is 1. The quantitative estimate of drug-likeness (QED) is 0.790. The summed E-state index contributed by atoms with van der Waals surface area (Å²) in [6.45, 7) is 3.97. The first-order chi connectivity index (χ1) is 11.6. The van der Waals surface area contributed by atoms with Gasteiger partial charge in [0.2, 0.25) is 0 Å². The molecule has 1 aromatic carbocycles. The number of hydrogen-bond donors (Lipinski definition) is 1. The fourth-order valence-electron chi connectivity index (χ4n) is 3.48. The van der Waals surface area contributed by atoms with Crippen LogP contribution in [-0.4, -0.2) is 58.2 Å². The van der Waals surface area contributed by atoms with E-state index < -0.39 is 5.82 Å². The second-order valence-electron chi connectivity index (χ2n) is 6.29. The number of hydrogen-bond acceptors (Lipinski definition) is 5. The second kappa shape index (κ2) is 6.22. The van der Waals surface area contributed by atoms with E-state index in [1.165, 1.54) is 43.3 Å². The first-order valence-corrected chi connectivity index (χ1v) is 8.92. The van der Waals surface area contributed by atoms with E-state index in [-0.39, 0.29) is 11.7 Å². The van der Waals surface area contributed by atoms with Crippen molar-refractivity contribution in [3.63, 3.8) is 0 Å². The van der Waals surface area contributed by atoms with Gasteiger partial charge in [-0.05, 0) is 49.4 Å². The number of piperazine rings is 1. The summed E-state index contributed by atoms with van der Waals surface area (Å²) in [5.74, 6) is -0.983. The topological polar surface area (TPSA) is 56.1 Å². The number of amidine groups is 1. The molecule has 0 aliphatic carbocycles. The molecule has 0 aromatic heterocycles. The summed E-state index contributed by atoms with van der Waals surface area (Å²) in [6.07, 6.45) is 4.02. The highest BCUT2D eigenvalue weighted by atomic mass is 32.2. The predicted molar refractivity (Wildman–Crippen MR) is 92.2 cm³/mol. The number of amides is 1. The molecule has 3 aliphatic heterocycles. The van der Waals surface area contributed by atoms with Crippen molar-refractivity contribution in [2.45, 2.75) is 18.9 Å². The van der Waals surface area contributed by atoms with Crippen LogP contribution in [0, 0.1) is 5.82 Å². The molecule has 1 N–H and O–H groups in total. The van der Waals surface area contributed by atoms with Gasteiger partial charge in [-0.3, -0.25) is 9.69 Å². The molecule has 5 nitrogen and oxygen atoms in total. The molecular formula is C17H18FN3O2S. The summed E-state index contributed by atoms with van der Waals surface area (Å²) < 4.78 is 13.1. The summed E-state index contributed by atoms with van der Waals surface area (Å²) in [6, 6.07) is 4.32. The van der Waals surface area contributed by atoms with Gasteiger partial charge in [-0.15, -0.1) is 0 Å². The van der Waals surface area contributed by atoms with Crippen molar-refractivity contribution in [2.75, 3.05) is 26.2 Å². The normalized spacial score (nSPS) is 26.1. The Morgan fingerprint density at radius 1 is 1.33 bits per heavy atom. The van der Waals surface area contributed by atoms with Gasteiger partial charge >= 0.3 is 0 Å². The predicted octanol–water partition coefficient (Wildman–Crippen LogP) is 2.28. The minimum absolute atomic E-state index is 0.177. The smallest absolute Gasteiger partial charge is 0.286 e. The highest BCUT2D eigenvalue weighted by Gasteiger charge is 2.34. The van der Waals surface area contributed by atoms with E-state index in [2.05, 4.69) is 14.8 Å². The zero-order chi connectivity index (χ0) is 16.7. The Labute approximate surface area is 143 Å². The van der Waals surface area contributed by atoms with Crippen molar-refractivity contribution in [3.05, 3.63) is 34.5 Å². The first-order valence-electron chi connectivity index (χ1n) is 8.10. The molecule has 0 radical (unpaired) electrons. The number of rotatable bonds is 1. The van der Waals surface area contributed by atoms with Gasteiger partial charge in [0.25, 0.3) is 5.91 Å². The van der Waals surface area contributed by atoms with Crippen molar-refractivity contribution >= 4 is 28.9 Å². The zero-order valence-electron chi connectivity index (χ0n) is 13.1. The van der Waals surface area contributed by atoms with Gasteiger partial charge in [0.1, 0.15) is 11.6 Å². The van der Waals surface area contributed by atoms with E-state index in [4.69, 9.17) is 0 Å². The van der Waals surface area contributed by atoms with Gasteiger partial charge in [0, 0.05) is 37.3 Å². The molecule has 3 heterocycles. The van der Waals surface area contributed by atoms with E-state index >= 15 is 0 Å². The fraction of sp³-hybridized carbons (Fsp3) is 0.412. The van der Waals surface area contributed by atoms with Crippen molar-refractivity contribution in [3.8, 4) is 5.75 Å². The van der Waals surface area contributed by atoms with Crippen LogP contribution in [0.1, 0.15) is 18.4 Å². The number of fused-ring (bicyclic) bond motifs is 1. The van der Waals surface area contributed by atoms with Crippen LogP contribution in [0.2, 0.25) is 0 Å². The SMILES string of the molecule is O=C1N=C(N2CCN3CCC[C@@H]3C2)S/C1=C\c1ccc(F)cc1O. The second-order valence-corrected chi connectivity index (χ2v) is 7.30. The van der Waals surface area contributed by atoms with E-state index in [9.17, 15) is 14.3 Å². The molecule has 4 rings (SSSR count). The van der Waals surface area contributed by atoms with E-state index in [1.807, 2.05) is 0 Å². The average molecular weight is 347 g/mol. The van der Waals surface area contributed by atoms with Gasteiger partial charge in [0.15, 0.2) is 5.17 Å². The number of carbonyl (C=O) groups is 1. The summed E-state index contributed by atoms with van der Waals surface area (Å²) >= 11 is 1.33. The number of halogens is 1. The Morgan fingerprint density at radius 2 is 2.21 bits per heavy atom. The molecule has 0 saturated carbocycles. The largest absolute Gasteiger partial charge is 0.507 e. The molecule has 2 saturated heterocycles. The lowest BCUT2D eigenvalue weighted by molar-refractivity contribution is -0.113. The molecule has 7 heteroatoms. The number of aliphatic imine (C=N–C) groups is 1. The fourth-order valence-corrected chi connectivity index (χ4v) is 4.42. The Hall–Kier alpha value is -1.86. The van der Waals surface area contributed by atoms with Gasteiger partial charge in [-0.2, -0.15) is 4.99 Å². The third kappa shape index (κ3) is 2.93. The highest BCUT2D eigenvalue weighted by molar-refractivity contribution is 8.18. The van der Waals surface area contributed by atoms with Crippen molar-refractivity contribution in [1.82, 2.24) is 9.80 Å². The molecule has 1 atom stereocenters. The number of aromatic hydroxyl groups is 1. The van der Waals surface area contributed by atoms with Crippen LogP contribution in [0.4, 0.5) is 4.39 Å². The molecular weight excluding hydrogens is 329 g/mol. The summed E-state index contributed by atoms with van der Waals surface area (Å²) in [5, 5.41) is 10.5. The maximum Gasteiger partial charge on any atom is 0.286 e. The lowest BCUT2D eigenvalue weighted by Crippen LogP contribution is -2.51. The Kier molecular flexibility index (Phi) is 4.05. The molecule has 0 bridgehead atoms. The van der Waals surface area contributed by atoms with Gasteiger partial charge in [-0.1, -0.05) is 0 Å². The Morgan fingerprint density at radius 3 is 3.04 bits per heavy atom. The van der Waals surface area contributed by atoms with Gasteiger partial charge in [-0.25, -0.2) is 4.39 Å². The van der Waals surface area contributed by atoms with Crippen molar-refractivity contribution < 1.29 is 14.3 Å². The first kappa shape index (κ1) is 15.7. The number of nitrogens with zero attached hydrogens (tertiary/aromatic N) is 3. The third-order valence-corrected chi connectivity index (χ3v) is 5.79. The van der Waals surface area contributed by atoms with Crippen molar-refractivity contribution in [2.24, 2.45) is 4.99 Å². The highest BCUT2D eigenvalue weighted by Crippen LogP contribution is 2.33. The summed E-state index contributed by atoms with van der Waals surface area (Å²) in [7, 11) is 0. The number of carbonyl (C=O) groups excluding carboxylic acids is 1. The van der Waals surface area contributed by atoms with Crippen molar-refractivity contribution in [1.29, 1.82) is 0 Å². The van der Waals surface area contributed by atoms with Gasteiger partial charge in [0.05, 0.1) is 4.91 Å². The minimum atomic E-state index is -0.508. The van der Waals surface area contributed by atoms with Crippen LogP contribution >= 0.6 is 11.8 Å². The van der Waals surface area contributed by atoms with Crippen LogP contribution in [0.5, 0.6) is 5.75 Å². The Balaban J connectivity index is 1.50. The van der Waals surface area contributed by atoms with E-state index in [0.717, 1.165) is 30.9 Å². The number of thioether (sulfide) groups is 1. The molecule has 2 fully saturated rings. The van der Waals surface area contributed by atoms with Gasteiger partial charge < -0.3 is 10.0 Å². The molecule has 126 valence electrons. The molecule has 3 aliphatic rings. The van der Waals surface area contributed by atoms with Crippen LogP contribution in [0.25, 0.3) is 6.08 Å². The Bertz CT molecular complexity index is 749. The van der Waals surface area contributed by atoms with E-state index in [0.29, 0.717) is 16.5 Å². The lowest BCUT2D eigenvalue weighted by Gasteiger charge is -2.38. The standard InChI is InChI=1S/C17H18FN3O2S/c18-12-4-3-11(14(22)9-12)8-15-16(23)19-17(24-15)21-7-6-20-5-1-2-13(20)10-21/h3-4,8-9,13,22H,1-2,5-7,10H2/b15-8-/t13-/m1/s1. The number of phenolic OH excluding ortho intramolecular Hbond substituents is 1. The third-order valence-electron chi connectivity index (χ3n) is 4.75. The minimum Gasteiger partial charge on any atom is -0.507 e. The molecule has 0 unspecified atom stereocenters.